The van der Waals surface area contributed by atoms with Crippen molar-refractivity contribution >= 4 is 16.8 Å². The first-order valence-corrected chi connectivity index (χ1v) is 6.23. The Labute approximate surface area is 110 Å². The molecule has 2 heterocycles. The van der Waals surface area contributed by atoms with Gasteiger partial charge in [-0.15, -0.1) is 0 Å². The molecule has 1 aliphatic rings. The Hall–Kier alpha value is -1.88. The fraction of sp³-hybridized carbons (Fsp3) is 0.357. The number of carbonyl (C=O) groups is 1. The van der Waals surface area contributed by atoms with Crippen molar-refractivity contribution in [2.45, 2.75) is 12.2 Å². The number of hydrogen-bond acceptors (Lipinski definition) is 2. The Balaban J connectivity index is 1.86. The van der Waals surface area contributed by atoms with E-state index in [9.17, 15) is 9.18 Å². The molecule has 2 unspecified atom stereocenters. The fourth-order valence-corrected chi connectivity index (χ4v) is 2.41. The molecular formula is C14H15FN2O2. The Morgan fingerprint density at radius 3 is 3.00 bits per heavy atom. The number of benzene rings is 1. The summed E-state index contributed by atoms with van der Waals surface area (Å²) < 4.78 is 18.7. The predicted octanol–water partition coefficient (Wildman–Crippen LogP) is 1.98. The number of ether oxygens (including phenoxy) is 1. The number of amides is 1. The predicted molar refractivity (Wildman–Crippen MR) is 69.9 cm³/mol. The minimum absolute atomic E-state index is 0.0674. The second-order valence-electron chi connectivity index (χ2n) is 4.82. The normalized spacial score (nSPS) is 22.8. The van der Waals surface area contributed by atoms with E-state index in [4.69, 9.17) is 4.74 Å². The van der Waals surface area contributed by atoms with Crippen molar-refractivity contribution in [3.05, 3.63) is 36.0 Å². The lowest BCUT2D eigenvalue weighted by Gasteiger charge is -2.24. The molecule has 1 amide bonds. The number of halogens is 1. The van der Waals surface area contributed by atoms with E-state index in [0.29, 0.717) is 5.56 Å². The molecule has 1 aromatic heterocycles. The number of nitrogens with one attached hydrogen (secondary N) is 1. The van der Waals surface area contributed by atoms with Gasteiger partial charge >= 0.3 is 0 Å². The highest BCUT2D eigenvalue weighted by atomic mass is 19.1. The topological polar surface area (TPSA) is 45.3 Å². The van der Waals surface area contributed by atoms with Crippen LogP contribution in [0.4, 0.5) is 4.39 Å². The summed E-state index contributed by atoms with van der Waals surface area (Å²) in [4.78, 5) is 16.8. The summed E-state index contributed by atoms with van der Waals surface area (Å²) in [6.45, 7) is 0.325. The van der Waals surface area contributed by atoms with Gasteiger partial charge in [0.15, 0.2) is 0 Å². The highest BCUT2D eigenvalue weighted by molar-refractivity contribution is 5.98. The summed E-state index contributed by atoms with van der Waals surface area (Å²) in [6.07, 6.45) is 0.716. The third-order valence-electron chi connectivity index (χ3n) is 3.60. The number of nitrogens with zero attached hydrogens (tertiary/aromatic N) is 1. The molecule has 2 atom stereocenters. The van der Waals surface area contributed by atoms with Gasteiger partial charge < -0.3 is 14.6 Å². The molecule has 2 aromatic rings. The van der Waals surface area contributed by atoms with Crippen molar-refractivity contribution in [2.24, 2.45) is 0 Å². The highest BCUT2D eigenvalue weighted by Crippen LogP contribution is 2.19. The lowest BCUT2D eigenvalue weighted by atomic mass is 10.1. The maximum atomic E-state index is 13.6. The third-order valence-corrected chi connectivity index (χ3v) is 3.60. The van der Waals surface area contributed by atoms with Gasteiger partial charge in [-0.3, -0.25) is 4.79 Å². The molecule has 100 valence electrons. The van der Waals surface area contributed by atoms with Crippen LogP contribution in [0.15, 0.2) is 30.5 Å². The van der Waals surface area contributed by atoms with Crippen molar-refractivity contribution in [2.75, 3.05) is 20.3 Å². The van der Waals surface area contributed by atoms with Gasteiger partial charge in [0.2, 0.25) is 0 Å². The summed E-state index contributed by atoms with van der Waals surface area (Å²) in [5.41, 5.74) is 1.45. The van der Waals surface area contributed by atoms with Gasteiger partial charge in [0.05, 0.1) is 19.3 Å². The van der Waals surface area contributed by atoms with Crippen LogP contribution in [-0.2, 0) is 4.74 Å². The molecule has 1 saturated heterocycles. The number of alkyl halides is 1. The molecule has 19 heavy (non-hydrogen) atoms. The molecule has 5 heteroatoms. The van der Waals surface area contributed by atoms with Crippen LogP contribution in [0.1, 0.15) is 10.4 Å². The van der Waals surface area contributed by atoms with Crippen LogP contribution < -0.4 is 0 Å². The number of carbonyl (C=O) groups excluding carboxylic acids is 1. The van der Waals surface area contributed by atoms with Crippen molar-refractivity contribution < 1.29 is 13.9 Å². The minimum Gasteiger partial charge on any atom is -0.376 e. The molecule has 1 fully saturated rings. The zero-order valence-corrected chi connectivity index (χ0v) is 10.6. The smallest absolute Gasteiger partial charge is 0.254 e. The first-order chi connectivity index (χ1) is 9.16. The zero-order chi connectivity index (χ0) is 13.4. The maximum Gasteiger partial charge on any atom is 0.254 e. The minimum atomic E-state index is -1.11. The van der Waals surface area contributed by atoms with Gasteiger partial charge in [-0.25, -0.2) is 4.39 Å². The van der Waals surface area contributed by atoms with E-state index in [2.05, 4.69) is 4.98 Å². The molecule has 0 radical (unpaired) electrons. The van der Waals surface area contributed by atoms with E-state index in [1.165, 1.54) is 4.90 Å². The first-order valence-electron chi connectivity index (χ1n) is 6.23. The largest absolute Gasteiger partial charge is 0.376 e. The number of hydrogen-bond donors (Lipinski definition) is 1. The Bertz CT molecular complexity index is 610. The van der Waals surface area contributed by atoms with Crippen LogP contribution in [0.3, 0.4) is 0 Å². The van der Waals surface area contributed by atoms with Crippen molar-refractivity contribution in [1.82, 2.24) is 9.88 Å². The van der Waals surface area contributed by atoms with Gasteiger partial charge in [-0.1, -0.05) is 6.07 Å². The van der Waals surface area contributed by atoms with E-state index in [-0.39, 0.29) is 19.1 Å². The molecule has 3 rings (SSSR count). The van der Waals surface area contributed by atoms with Crippen LogP contribution >= 0.6 is 0 Å². The molecule has 1 aliphatic heterocycles. The van der Waals surface area contributed by atoms with Gasteiger partial charge in [-0.05, 0) is 23.6 Å². The van der Waals surface area contributed by atoms with Crippen LogP contribution in [0.5, 0.6) is 0 Å². The van der Waals surface area contributed by atoms with E-state index < -0.39 is 12.2 Å². The molecule has 1 aromatic carbocycles. The van der Waals surface area contributed by atoms with Crippen molar-refractivity contribution in [1.29, 1.82) is 0 Å². The van der Waals surface area contributed by atoms with Crippen molar-refractivity contribution in [3.8, 4) is 0 Å². The number of H-pyrrole nitrogens is 1. The van der Waals surface area contributed by atoms with E-state index >= 15 is 0 Å². The molecular weight excluding hydrogens is 247 g/mol. The number of fused-ring (bicyclic) bond motifs is 1. The number of rotatable bonds is 2. The van der Waals surface area contributed by atoms with E-state index in [1.54, 1.807) is 19.2 Å². The average molecular weight is 262 g/mol. The number of likely N-dealkylation sites (N-methyl/N-ethyl adjacent to an activating group) is 1. The van der Waals surface area contributed by atoms with Gasteiger partial charge in [0.1, 0.15) is 6.17 Å². The molecule has 0 saturated carbocycles. The van der Waals surface area contributed by atoms with Crippen LogP contribution in [0.25, 0.3) is 10.9 Å². The van der Waals surface area contributed by atoms with Gasteiger partial charge in [-0.2, -0.15) is 0 Å². The third kappa shape index (κ3) is 2.10. The van der Waals surface area contributed by atoms with Crippen molar-refractivity contribution in [3.63, 3.8) is 0 Å². The SMILES string of the molecule is CN(C(=O)c1ccc2cc[nH]c2c1)C1COCC1F. The average Bonchev–Trinajstić information content (AvgIpc) is 3.04. The van der Waals surface area contributed by atoms with Crippen LogP contribution in [0, 0.1) is 0 Å². The fourth-order valence-electron chi connectivity index (χ4n) is 2.41. The molecule has 1 N–H and O–H groups in total. The summed E-state index contributed by atoms with van der Waals surface area (Å²) in [5.74, 6) is -0.186. The first kappa shape index (κ1) is 12.2. The van der Waals surface area contributed by atoms with Gasteiger partial charge in [0, 0.05) is 24.3 Å². The van der Waals surface area contributed by atoms with Gasteiger partial charge in [0.25, 0.3) is 5.91 Å². The van der Waals surface area contributed by atoms with Crippen LogP contribution in [0.2, 0.25) is 0 Å². The molecule has 4 nitrogen and oxygen atoms in total. The van der Waals surface area contributed by atoms with E-state index in [1.807, 2.05) is 18.3 Å². The highest BCUT2D eigenvalue weighted by Gasteiger charge is 2.34. The second kappa shape index (κ2) is 4.66. The summed E-state index contributed by atoms with van der Waals surface area (Å²) in [6, 6.07) is 6.88. The molecule has 0 bridgehead atoms. The Kier molecular flexibility index (Phi) is 2.98. The standard InChI is InChI=1S/C14H15FN2O2/c1-17(13-8-19-7-11(13)15)14(18)10-3-2-9-4-5-16-12(9)6-10/h2-6,11,13,16H,7-8H2,1H3. The Morgan fingerprint density at radius 2 is 2.26 bits per heavy atom. The lowest BCUT2D eigenvalue weighted by molar-refractivity contribution is 0.0672. The number of aromatic nitrogens is 1. The monoisotopic (exact) mass is 262 g/mol. The van der Waals surface area contributed by atoms with E-state index in [0.717, 1.165) is 10.9 Å². The number of aromatic amines is 1. The summed E-state index contributed by atoms with van der Waals surface area (Å²) in [5, 5.41) is 1.05. The Morgan fingerprint density at radius 1 is 1.42 bits per heavy atom. The zero-order valence-electron chi connectivity index (χ0n) is 10.6. The maximum absolute atomic E-state index is 13.6. The van der Waals surface area contributed by atoms with Crippen LogP contribution in [-0.4, -0.2) is 48.3 Å². The molecule has 0 spiro atoms. The quantitative estimate of drug-likeness (QED) is 0.899. The summed E-state index contributed by atoms with van der Waals surface area (Å²) in [7, 11) is 1.62. The summed E-state index contributed by atoms with van der Waals surface area (Å²) >= 11 is 0. The molecule has 0 aliphatic carbocycles. The lowest BCUT2D eigenvalue weighted by Crippen LogP contribution is -2.42. The second-order valence-corrected chi connectivity index (χ2v) is 4.82.